The van der Waals surface area contributed by atoms with E-state index in [-0.39, 0.29) is 18.5 Å². The Hall–Kier alpha value is -2.48. The Bertz CT molecular complexity index is 744. The third kappa shape index (κ3) is 6.63. The zero-order chi connectivity index (χ0) is 19.6. The molecule has 0 aliphatic carbocycles. The number of carbonyl (C=O) groups excluding carboxylic acids is 1. The number of guanidine groups is 1. The topological polar surface area (TPSA) is 74.6 Å². The van der Waals surface area contributed by atoms with Gasteiger partial charge in [-0.3, -0.25) is 4.79 Å². The molecule has 1 aromatic heterocycles. The number of hydrogen-bond donors (Lipinski definition) is 2. The molecule has 27 heavy (non-hydrogen) atoms. The number of thioether (sulfide) groups is 1. The standard InChI is InChI=1S/C19H28N6OS/c1-15(16-7-5-8-17(13-16)25-11-6-9-22-25)23-19(20-10-12-27-4)21-14-18(26)24(2)3/h5-9,11,13,15H,10,12,14H2,1-4H3,(H2,20,21,23). The molecule has 1 aromatic carbocycles. The molecule has 2 rings (SSSR count). The molecular weight excluding hydrogens is 360 g/mol. The molecule has 0 radical (unpaired) electrons. The van der Waals surface area contributed by atoms with Crippen LogP contribution in [0.2, 0.25) is 0 Å². The lowest BCUT2D eigenvalue weighted by molar-refractivity contribution is -0.127. The number of rotatable bonds is 8. The fraction of sp³-hybridized carbons (Fsp3) is 0.421. The van der Waals surface area contributed by atoms with Crippen molar-refractivity contribution in [2.24, 2.45) is 4.99 Å². The number of nitrogens with one attached hydrogen (secondary N) is 2. The predicted molar refractivity (Wildman–Crippen MR) is 112 cm³/mol. The molecule has 1 unspecified atom stereocenters. The van der Waals surface area contributed by atoms with Crippen molar-refractivity contribution in [3.8, 4) is 5.69 Å². The molecular formula is C19H28N6OS. The summed E-state index contributed by atoms with van der Waals surface area (Å²) in [5, 5.41) is 11.0. The Kier molecular flexibility index (Phi) is 8.19. The van der Waals surface area contributed by atoms with E-state index in [0.717, 1.165) is 23.5 Å². The van der Waals surface area contributed by atoms with Crippen molar-refractivity contribution in [2.45, 2.75) is 13.0 Å². The molecule has 0 saturated heterocycles. The molecule has 8 heteroatoms. The molecule has 0 aliphatic rings. The van der Waals surface area contributed by atoms with Crippen molar-refractivity contribution in [1.82, 2.24) is 25.3 Å². The van der Waals surface area contributed by atoms with Crippen LogP contribution in [-0.4, -0.2) is 65.7 Å². The van der Waals surface area contributed by atoms with Crippen LogP contribution in [0, 0.1) is 0 Å². The molecule has 146 valence electrons. The summed E-state index contributed by atoms with van der Waals surface area (Å²) in [5.74, 6) is 1.57. The predicted octanol–water partition coefficient (Wildman–Crippen LogP) is 1.92. The number of carbonyl (C=O) groups is 1. The summed E-state index contributed by atoms with van der Waals surface area (Å²) < 4.78 is 1.83. The normalized spacial score (nSPS) is 12.5. The van der Waals surface area contributed by atoms with Gasteiger partial charge in [-0.25, -0.2) is 9.67 Å². The minimum Gasteiger partial charge on any atom is -0.356 e. The van der Waals surface area contributed by atoms with Gasteiger partial charge < -0.3 is 15.5 Å². The summed E-state index contributed by atoms with van der Waals surface area (Å²) in [6.45, 7) is 2.96. The van der Waals surface area contributed by atoms with Crippen molar-refractivity contribution in [2.75, 3.05) is 39.2 Å². The van der Waals surface area contributed by atoms with Gasteiger partial charge in [-0.05, 0) is 36.9 Å². The second-order valence-electron chi connectivity index (χ2n) is 6.28. The SMILES string of the molecule is CSCCNC(=NCC(=O)N(C)C)NC(C)c1cccc(-n2cccn2)c1. The summed E-state index contributed by atoms with van der Waals surface area (Å²) in [7, 11) is 3.46. The first-order chi connectivity index (χ1) is 13.0. The van der Waals surface area contributed by atoms with Crippen molar-refractivity contribution in [1.29, 1.82) is 0 Å². The zero-order valence-electron chi connectivity index (χ0n) is 16.3. The van der Waals surface area contributed by atoms with E-state index in [2.05, 4.69) is 46.0 Å². The highest BCUT2D eigenvalue weighted by Crippen LogP contribution is 2.16. The monoisotopic (exact) mass is 388 g/mol. The third-order valence-corrected chi connectivity index (χ3v) is 4.57. The van der Waals surface area contributed by atoms with Gasteiger partial charge in [0.25, 0.3) is 0 Å². The quantitative estimate of drug-likeness (QED) is 0.411. The van der Waals surface area contributed by atoms with Gasteiger partial charge in [0.2, 0.25) is 5.91 Å². The van der Waals surface area contributed by atoms with Crippen LogP contribution in [0.15, 0.2) is 47.7 Å². The Balaban J connectivity index is 2.09. The van der Waals surface area contributed by atoms with Crippen molar-refractivity contribution < 1.29 is 4.79 Å². The Labute approximate surface area is 165 Å². The van der Waals surface area contributed by atoms with Crippen molar-refractivity contribution in [3.63, 3.8) is 0 Å². The minimum atomic E-state index is -0.0331. The summed E-state index contributed by atoms with van der Waals surface area (Å²) in [4.78, 5) is 17.8. The van der Waals surface area contributed by atoms with E-state index < -0.39 is 0 Å². The maximum absolute atomic E-state index is 11.9. The summed E-state index contributed by atoms with van der Waals surface area (Å²) >= 11 is 1.76. The molecule has 2 N–H and O–H groups in total. The Morgan fingerprint density at radius 3 is 2.85 bits per heavy atom. The number of benzene rings is 1. The second-order valence-corrected chi connectivity index (χ2v) is 7.27. The molecule has 0 bridgehead atoms. The number of likely N-dealkylation sites (N-methyl/N-ethyl adjacent to an activating group) is 1. The van der Waals surface area contributed by atoms with Gasteiger partial charge in [-0.15, -0.1) is 0 Å². The van der Waals surface area contributed by atoms with Gasteiger partial charge in [-0.2, -0.15) is 16.9 Å². The van der Waals surface area contributed by atoms with Gasteiger partial charge in [0, 0.05) is 38.8 Å². The Morgan fingerprint density at radius 1 is 1.37 bits per heavy atom. The highest BCUT2D eigenvalue weighted by Gasteiger charge is 2.10. The average Bonchev–Trinajstić information content (AvgIpc) is 3.20. The number of amides is 1. The number of nitrogens with zero attached hydrogens (tertiary/aromatic N) is 4. The lowest BCUT2D eigenvalue weighted by Gasteiger charge is -2.19. The molecule has 7 nitrogen and oxygen atoms in total. The second kappa shape index (κ2) is 10.6. The smallest absolute Gasteiger partial charge is 0.243 e. The first-order valence-corrected chi connectivity index (χ1v) is 10.2. The number of hydrogen-bond acceptors (Lipinski definition) is 4. The van der Waals surface area contributed by atoms with E-state index in [1.54, 1.807) is 37.0 Å². The van der Waals surface area contributed by atoms with Crippen LogP contribution in [0.25, 0.3) is 5.69 Å². The van der Waals surface area contributed by atoms with E-state index in [9.17, 15) is 4.79 Å². The highest BCUT2D eigenvalue weighted by molar-refractivity contribution is 7.98. The fourth-order valence-corrected chi connectivity index (χ4v) is 2.66. The van der Waals surface area contributed by atoms with Crippen LogP contribution in [0.3, 0.4) is 0 Å². The molecule has 2 aromatic rings. The lowest BCUT2D eigenvalue weighted by atomic mass is 10.1. The van der Waals surface area contributed by atoms with Crippen LogP contribution in [0.4, 0.5) is 0 Å². The zero-order valence-corrected chi connectivity index (χ0v) is 17.2. The summed E-state index contributed by atoms with van der Waals surface area (Å²) in [6, 6.07) is 10.1. The van der Waals surface area contributed by atoms with Gasteiger partial charge in [-0.1, -0.05) is 12.1 Å². The maximum atomic E-state index is 11.9. The van der Waals surface area contributed by atoms with Crippen molar-refractivity contribution in [3.05, 3.63) is 48.3 Å². The summed E-state index contributed by atoms with van der Waals surface area (Å²) in [5.41, 5.74) is 2.11. The molecule has 0 aliphatic heterocycles. The van der Waals surface area contributed by atoms with Crippen LogP contribution in [0.1, 0.15) is 18.5 Å². The summed E-state index contributed by atoms with van der Waals surface area (Å²) in [6.07, 6.45) is 5.74. The van der Waals surface area contributed by atoms with Gasteiger partial charge in [0.05, 0.1) is 11.7 Å². The fourth-order valence-electron chi connectivity index (χ4n) is 2.36. The molecule has 1 heterocycles. The molecule has 1 atom stereocenters. The van der Waals surface area contributed by atoms with Crippen molar-refractivity contribution >= 4 is 23.6 Å². The van der Waals surface area contributed by atoms with Crippen LogP contribution in [0.5, 0.6) is 0 Å². The molecule has 1 amide bonds. The molecule has 0 fully saturated rings. The molecule has 0 saturated carbocycles. The van der Waals surface area contributed by atoms with Crippen LogP contribution >= 0.6 is 11.8 Å². The Morgan fingerprint density at radius 2 is 2.19 bits per heavy atom. The maximum Gasteiger partial charge on any atom is 0.243 e. The van der Waals surface area contributed by atoms with E-state index in [1.807, 2.05) is 29.1 Å². The first-order valence-electron chi connectivity index (χ1n) is 8.85. The van der Waals surface area contributed by atoms with E-state index in [0.29, 0.717) is 5.96 Å². The lowest BCUT2D eigenvalue weighted by Crippen LogP contribution is -2.40. The van der Waals surface area contributed by atoms with Gasteiger partial charge in [0.15, 0.2) is 5.96 Å². The number of aromatic nitrogens is 2. The van der Waals surface area contributed by atoms with E-state index >= 15 is 0 Å². The minimum absolute atomic E-state index is 0.0236. The average molecular weight is 389 g/mol. The molecule has 0 spiro atoms. The first kappa shape index (κ1) is 20.8. The van der Waals surface area contributed by atoms with Gasteiger partial charge >= 0.3 is 0 Å². The largest absolute Gasteiger partial charge is 0.356 e. The third-order valence-electron chi connectivity index (χ3n) is 3.96. The van der Waals surface area contributed by atoms with E-state index in [4.69, 9.17) is 0 Å². The van der Waals surface area contributed by atoms with Gasteiger partial charge in [0.1, 0.15) is 6.54 Å². The van der Waals surface area contributed by atoms with Crippen LogP contribution in [-0.2, 0) is 4.79 Å². The van der Waals surface area contributed by atoms with Crippen LogP contribution < -0.4 is 10.6 Å². The van der Waals surface area contributed by atoms with E-state index in [1.165, 1.54) is 0 Å². The highest BCUT2D eigenvalue weighted by atomic mass is 32.2. The number of aliphatic imine (C=N–C) groups is 1.